The van der Waals surface area contributed by atoms with E-state index in [0.717, 1.165) is 39.0 Å². The first-order valence-corrected chi connectivity index (χ1v) is 8.37. The molecule has 0 radical (unpaired) electrons. The molecule has 4 saturated heterocycles. The first-order valence-electron chi connectivity index (χ1n) is 8.37. The van der Waals surface area contributed by atoms with Gasteiger partial charge in [-0.25, -0.2) is 0 Å². The number of nitrogens with one attached hydrogen (secondary N) is 2. The number of piperidine rings is 2. The van der Waals surface area contributed by atoms with Crippen LogP contribution in [0, 0.1) is 10.8 Å². The van der Waals surface area contributed by atoms with Crippen LogP contribution >= 0.6 is 0 Å². The van der Waals surface area contributed by atoms with E-state index in [0.29, 0.717) is 11.9 Å². The maximum absolute atomic E-state index is 13.0. The highest BCUT2D eigenvalue weighted by atomic mass is 16.1. The van der Waals surface area contributed by atoms with Crippen LogP contribution < -0.4 is 9.80 Å². The van der Waals surface area contributed by atoms with Gasteiger partial charge in [0.05, 0.1) is 18.7 Å². The molecule has 4 aliphatic heterocycles. The third-order valence-corrected chi connectivity index (χ3v) is 6.07. The van der Waals surface area contributed by atoms with Gasteiger partial charge in [-0.3, -0.25) is 14.6 Å². The largest absolute Gasteiger partial charge is 0.297 e. The third kappa shape index (κ3) is 1.77. The highest BCUT2D eigenvalue weighted by molar-refractivity contribution is 5.91. The first-order chi connectivity index (χ1) is 10.1. The Balaban J connectivity index is 1.73. The molecule has 2 unspecified atom stereocenters. The Bertz CT molecular complexity index is 552. The van der Waals surface area contributed by atoms with E-state index in [-0.39, 0.29) is 10.8 Å². The predicted octanol–water partition coefficient (Wildman–Crippen LogP) is -0.142. The van der Waals surface area contributed by atoms with Gasteiger partial charge in [0.15, 0.2) is 5.78 Å². The molecule has 2 atom stereocenters. The van der Waals surface area contributed by atoms with Crippen LogP contribution in [0.25, 0.3) is 0 Å². The van der Waals surface area contributed by atoms with Crippen LogP contribution in [0.15, 0.2) is 30.3 Å². The van der Waals surface area contributed by atoms with E-state index in [1.165, 1.54) is 5.56 Å². The zero-order chi connectivity index (χ0) is 14.7. The van der Waals surface area contributed by atoms with Gasteiger partial charge in [0.2, 0.25) is 6.17 Å². The van der Waals surface area contributed by atoms with Crippen molar-refractivity contribution in [3.8, 4) is 0 Å². The predicted molar refractivity (Wildman–Crippen MR) is 81.0 cm³/mol. The van der Waals surface area contributed by atoms with E-state index in [2.05, 4.69) is 44.2 Å². The summed E-state index contributed by atoms with van der Waals surface area (Å²) in [5.74, 6) is 0.580. The smallest absolute Gasteiger partial charge is 0.240 e. The van der Waals surface area contributed by atoms with Crippen LogP contribution in [0.2, 0.25) is 0 Å². The summed E-state index contributed by atoms with van der Waals surface area (Å²) in [5, 5.41) is 0. The standard InChI is InChI=1S/C18H24N2O/c1-3-9-18-12-19-10-17(2,16(18)21)11-20(13-18)15(19)14-7-5-4-6-8-14/h4-8,15H,3,9-13H2,1-2H3/p+2. The second kappa shape index (κ2) is 4.40. The Morgan fingerprint density at radius 2 is 1.71 bits per heavy atom. The molecular formula is C18H26N2O+2. The van der Waals surface area contributed by atoms with Crippen molar-refractivity contribution in [2.24, 2.45) is 10.8 Å². The molecule has 4 heterocycles. The van der Waals surface area contributed by atoms with Crippen molar-refractivity contribution in [1.82, 2.24) is 0 Å². The van der Waals surface area contributed by atoms with Crippen LogP contribution in [0.3, 0.4) is 0 Å². The second-order valence-electron chi connectivity index (χ2n) is 7.79. The lowest BCUT2D eigenvalue weighted by Crippen LogP contribution is -3.41. The Hall–Kier alpha value is -1.19. The molecule has 0 aliphatic carbocycles. The number of carbonyl (C=O) groups is 1. The molecule has 5 rings (SSSR count). The number of benzene rings is 1. The molecule has 4 bridgehead atoms. The van der Waals surface area contributed by atoms with Crippen LogP contribution in [0.5, 0.6) is 0 Å². The second-order valence-corrected chi connectivity index (χ2v) is 7.79. The average molecular weight is 286 g/mol. The minimum absolute atomic E-state index is 0.0318. The summed E-state index contributed by atoms with van der Waals surface area (Å²) in [6.45, 7) is 8.61. The lowest BCUT2D eigenvalue weighted by atomic mass is 9.59. The van der Waals surface area contributed by atoms with Gasteiger partial charge in [-0.1, -0.05) is 31.5 Å². The fourth-order valence-electron chi connectivity index (χ4n) is 5.67. The van der Waals surface area contributed by atoms with Crippen molar-refractivity contribution in [1.29, 1.82) is 0 Å². The highest BCUT2D eigenvalue weighted by Gasteiger charge is 2.69. The molecule has 21 heavy (non-hydrogen) atoms. The lowest BCUT2D eigenvalue weighted by Gasteiger charge is -2.59. The number of Topliss-reactive ketones (excluding diaryl/α,β-unsaturated/α-hetero) is 1. The number of hydrogen-bond acceptors (Lipinski definition) is 1. The molecule has 1 aromatic rings. The number of quaternary nitrogens is 2. The quantitative estimate of drug-likeness (QED) is 0.795. The Morgan fingerprint density at radius 1 is 1.10 bits per heavy atom. The van der Waals surface area contributed by atoms with E-state index < -0.39 is 0 Å². The minimum Gasteiger partial charge on any atom is -0.297 e. The molecule has 2 N–H and O–H groups in total. The van der Waals surface area contributed by atoms with E-state index in [4.69, 9.17) is 0 Å². The first kappa shape index (κ1) is 13.5. The molecular weight excluding hydrogens is 260 g/mol. The van der Waals surface area contributed by atoms with Gasteiger partial charge >= 0.3 is 0 Å². The Morgan fingerprint density at radius 3 is 2.29 bits per heavy atom. The SMILES string of the molecule is CCCC12C[NH+]3CC(C)(C[NH+](C1)C3c1ccccc1)C2=O. The minimum atomic E-state index is -0.0817. The molecule has 3 nitrogen and oxygen atoms in total. The molecule has 0 saturated carbocycles. The number of ketones is 1. The topological polar surface area (TPSA) is 26.0 Å². The van der Waals surface area contributed by atoms with Gasteiger partial charge in [-0.2, -0.15) is 0 Å². The van der Waals surface area contributed by atoms with E-state index >= 15 is 0 Å². The fraction of sp³-hybridized carbons (Fsp3) is 0.611. The van der Waals surface area contributed by atoms with Crippen molar-refractivity contribution < 1.29 is 14.6 Å². The average Bonchev–Trinajstić information content (AvgIpc) is 2.45. The van der Waals surface area contributed by atoms with E-state index in [9.17, 15) is 4.79 Å². The van der Waals surface area contributed by atoms with Crippen molar-refractivity contribution in [2.75, 3.05) is 26.2 Å². The zero-order valence-corrected chi connectivity index (χ0v) is 13.1. The Kier molecular flexibility index (Phi) is 2.82. The monoisotopic (exact) mass is 286 g/mol. The van der Waals surface area contributed by atoms with Gasteiger partial charge in [0.25, 0.3) is 0 Å². The van der Waals surface area contributed by atoms with Crippen molar-refractivity contribution in [3.63, 3.8) is 0 Å². The van der Waals surface area contributed by atoms with Crippen LogP contribution in [-0.4, -0.2) is 32.0 Å². The number of carbonyl (C=O) groups excluding carboxylic acids is 1. The normalized spacial score (nSPS) is 44.3. The molecule has 112 valence electrons. The highest BCUT2D eigenvalue weighted by Crippen LogP contribution is 2.39. The third-order valence-electron chi connectivity index (χ3n) is 6.07. The molecule has 4 aliphatic rings. The summed E-state index contributed by atoms with van der Waals surface area (Å²) in [5.41, 5.74) is 1.33. The van der Waals surface area contributed by atoms with Crippen molar-refractivity contribution >= 4 is 5.78 Å². The molecule has 1 aromatic carbocycles. The van der Waals surface area contributed by atoms with E-state index in [1.807, 2.05) is 0 Å². The van der Waals surface area contributed by atoms with Crippen LogP contribution in [-0.2, 0) is 4.79 Å². The summed E-state index contributed by atoms with van der Waals surface area (Å²) >= 11 is 0. The van der Waals surface area contributed by atoms with Gasteiger partial charge in [-0.15, -0.1) is 0 Å². The van der Waals surface area contributed by atoms with Crippen LogP contribution in [0.4, 0.5) is 0 Å². The summed E-state index contributed by atoms with van der Waals surface area (Å²) < 4.78 is 0. The summed E-state index contributed by atoms with van der Waals surface area (Å²) in [7, 11) is 0. The van der Waals surface area contributed by atoms with E-state index in [1.54, 1.807) is 9.80 Å². The zero-order valence-electron chi connectivity index (χ0n) is 13.1. The van der Waals surface area contributed by atoms with Gasteiger partial charge < -0.3 is 0 Å². The fourth-order valence-corrected chi connectivity index (χ4v) is 5.67. The van der Waals surface area contributed by atoms with Crippen molar-refractivity contribution in [2.45, 2.75) is 32.9 Å². The summed E-state index contributed by atoms with van der Waals surface area (Å²) in [6, 6.07) is 10.9. The summed E-state index contributed by atoms with van der Waals surface area (Å²) in [4.78, 5) is 16.3. The molecule has 0 amide bonds. The summed E-state index contributed by atoms with van der Waals surface area (Å²) in [6.07, 6.45) is 2.74. The number of hydrogen-bond donors (Lipinski definition) is 2. The molecule has 3 heteroatoms. The molecule has 0 aromatic heterocycles. The van der Waals surface area contributed by atoms with Gasteiger partial charge in [-0.05, 0) is 25.5 Å². The number of rotatable bonds is 3. The maximum atomic E-state index is 13.0. The van der Waals surface area contributed by atoms with Crippen molar-refractivity contribution in [3.05, 3.63) is 35.9 Å². The Labute approximate surface area is 126 Å². The maximum Gasteiger partial charge on any atom is 0.240 e. The lowest BCUT2D eigenvalue weighted by molar-refractivity contribution is -1.18. The van der Waals surface area contributed by atoms with Gasteiger partial charge in [0, 0.05) is 0 Å². The van der Waals surface area contributed by atoms with Crippen LogP contribution in [0.1, 0.15) is 38.4 Å². The molecule has 4 fully saturated rings. The van der Waals surface area contributed by atoms with Gasteiger partial charge in [0.1, 0.15) is 23.9 Å². The molecule has 0 spiro atoms.